The zero-order chi connectivity index (χ0) is 13.7. The lowest BCUT2D eigenvalue weighted by atomic mass is 10.1. The molecular formula is C15H20N4. The standard InChI is InChI=1S/C15H20N4/c1-4-10-16-14-11-13(12-8-6-5-7-9-12)17-15(18-14)19(2)3/h5-9,11H,4,10H2,1-3H3,(H,16,17,18). The van der Waals surface area contributed by atoms with Gasteiger partial charge in [-0.3, -0.25) is 0 Å². The van der Waals surface area contributed by atoms with Crippen LogP contribution < -0.4 is 10.2 Å². The summed E-state index contributed by atoms with van der Waals surface area (Å²) >= 11 is 0. The quantitative estimate of drug-likeness (QED) is 0.892. The van der Waals surface area contributed by atoms with Crippen molar-refractivity contribution in [1.29, 1.82) is 0 Å². The fraction of sp³-hybridized carbons (Fsp3) is 0.333. The maximum Gasteiger partial charge on any atom is 0.227 e. The smallest absolute Gasteiger partial charge is 0.227 e. The number of nitrogens with one attached hydrogen (secondary N) is 1. The predicted octanol–water partition coefficient (Wildman–Crippen LogP) is 3.03. The Bertz CT molecular complexity index is 523. The van der Waals surface area contributed by atoms with Gasteiger partial charge in [-0.05, 0) is 6.42 Å². The lowest BCUT2D eigenvalue weighted by Gasteiger charge is -2.14. The summed E-state index contributed by atoms with van der Waals surface area (Å²) in [7, 11) is 3.90. The molecule has 2 aromatic rings. The van der Waals surface area contributed by atoms with Gasteiger partial charge in [0.15, 0.2) is 0 Å². The Kier molecular flexibility index (Phi) is 4.34. The molecule has 0 fully saturated rings. The first-order chi connectivity index (χ1) is 9.20. The van der Waals surface area contributed by atoms with Gasteiger partial charge in [-0.25, -0.2) is 4.98 Å². The molecule has 0 amide bonds. The molecule has 4 nitrogen and oxygen atoms in total. The third kappa shape index (κ3) is 3.44. The lowest BCUT2D eigenvalue weighted by Crippen LogP contribution is -2.14. The highest BCUT2D eigenvalue weighted by atomic mass is 15.2. The van der Waals surface area contributed by atoms with Crippen molar-refractivity contribution in [1.82, 2.24) is 9.97 Å². The van der Waals surface area contributed by atoms with Crippen molar-refractivity contribution in [3.05, 3.63) is 36.4 Å². The van der Waals surface area contributed by atoms with Crippen LogP contribution in [-0.2, 0) is 0 Å². The maximum atomic E-state index is 4.59. The first-order valence-electron chi connectivity index (χ1n) is 6.56. The van der Waals surface area contributed by atoms with E-state index in [1.807, 2.05) is 43.3 Å². The van der Waals surface area contributed by atoms with Crippen molar-refractivity contribution in [2.45, 2.75) is 13.3 Å². The fourth-order valence-corrected chi connectivity index (χ4v) is 1.73. The first-order valence-corrected chi connectivity index (χ1v) is 6.56. The van der Waals surface area contributed by atoms with Gasteiger partial charge in [0, 0.05) is 32.3 Å². The second-order valence-electron chi connectivity index (χ2n) is 4.63. The molecular weight excluding hydrogens is 236 g/mol. The van der Waals surface area contributed by atoms with Crippen LogP contribution in [0.2, 0.25) is 0 Å². The maximum absolute atomic E-state index is 4.59. The monoisotopic (exact) mass is 256 g/mol. The Balaban J connectivity index is 2.39. The van der Waals surface area contributed by atoms with Gasteiger partial charge in [0.05, 0.1) is 5.69 Å². The Morgan fingerprint density at radius 2 is 1.84 bits per heavy atom. The molecule has 0 atom stereocenters. The minimum absolute atomic E-state index is 0.722. The second kappa shape index (κ2) is 6.18. The highest BCUT2D eigenvalue weighted by Crippen LogP contribution is 2.21. The largest absolute Gasteiger partial charge is 0.370 e. The van der Waals surface area contributed by atoms with Gasteiger partial charge < -0.3 is 10.2 Å². The number of benzene rings is 1. The van der Waals surface area contributed by atoms with Crippen molar-refractivity contribution >= 4 is 11.8 Å². The number of anilines is 2. The normalized spacial score (nSPS) is 10.3. The van der Waals surface area contributed by atoms with E-state index < -0.39 is 0 Å². The van der Waals surface area contributed by atoms with Gasteiger partial charge in [0.25, 0.3) is 0 Å². The highest BCUT2D eigenvalue weighted by Gasteiger charge is 2.07. The molecule has 0 saturated carbocycles. The van der Waals surface area contributed by atoms with Gasteiger partial charge in [0.1, 0.15) is 5.82 Å². The van der Waals surface area contributed by atoms with E-state index in [2.05, 4.69) is 34.3 Å². The lowest BCUT2D eigenvalue weighted by molar-refractivity contribution is 0.951. The Morgan fingerprint density at radius 3 is 2.47 bits per heavy atom. The summed E-state index contributed by atoms with van der Waals surface area (Å²) in [6, 6.07) is 12.2. The van der Waals surface area contributed by atoms with Crippen molar-refractivity contribution in [2.75, 3.05) is 30.9 Å². The van der Waals surface area contributed by atoms with Crippen LogP contribution in [0, 0.1) is 0 Å². The molecule has 0 radical (unpaired) electrons. The van der Waals surface area contributed by atoms with Crippen LogP contribution in [0.3, 0.4) is 0 Å². The molecule has 0 unspecified atom stereocenters. The molecule has 0 aliphatic rings. The van der Waals surface area contributed by atoms with Crippen molar-refractivity contribution in [3.8, 4) is 11.3 Å². The molecule has 2 rings (SSSR count). The number of rotatable bonds is 5. The van der Waals surface area contributed by atoms with Crippen LogP contribution in [0.15, 0.2) is 36.4 Å². The third-order valence-corrected chi connectivity index (χ3v) is 2.74. The summed E-state index contributed by atoms with van der Waals surface area (Å²) in [6.45, 7) is 3.05. The summed E-state index contributed by atoms with van der Waals surface area (Å²) in [5.74, 6) is 1.60. The van der Waals surface area contributed by atoms with E-state index in [1.165, 1.54) is 0 Å². The molecule has 1 aromatic carbocycles. The minimum Gasteiger partial charge on any atom is -0.370 e. The van der Waals surface area contributed by atoms with E-state index in [4.69, 9.17) is 0 Å². The fourth-order valence-electron chi connectivity index (χ4n) is 1.73. The SMILES string of the molecule is CCCNc1cc(-c2ccccc2)nc(N(C)C)n1. The van der Waals surface area contributed by atoms with E-state index in [0.29, 0.717) is 0 Å². The van der Waals surface area contributed by atoms with Gasteiger partial charge in [0.2, 0.25) is 5.95 Å². The van der Waals surface area contributed by atoms with E-state index in [0.717, 1.165) is 36.0 Å². The second-order valence-corrected chi connectivity index (χ2v) is 4.63. The van der Waals surface area contributed by atoms with Crippen LogP contribution in [-0.4, -0.2) is 30.6 Å². The first kappa shape index (κ1) is 13.3. The summed E-state index contributed by atoms with van der Waals surface area (Å²) in [5, 5.41) is 3.32. The van der Waals surface area contributed by atoms with Crippen LogP contribution in [0.1, 0.15) is 13.3 Å². The van der Waals surface area contributed by atoms with E-state index in [1.54, 1.807) is 0 Å². The number of hydrogen-bond acceptors (Lipinski definition) is 4. The van der Waals surface area contributed by atoms with Gasteiger partial charge in [-0.15, -0.1) is 0 Å². The zero-order valence-electron chi connectivity index (χ0n) is 11.7. The predicted molar refractivity (Wildman–Crippen MR) is 80.6 cm³/mol. The Hall–Kier alpha value is -2.10. The summed E-state index contributed by atoms with van der Waals surface area (Å²) in [6.07, 6.45) is 1.07. The molecule has 0 saturated heterocycles. The number of hydrogen-bond donors (Lipinski definition) is 1. The minimum atomic E-state index is 0.722. The van der Waals surface area contributed by atoms with Crippen LogP contribution in [0.5, 0.6) is 0 Å². The van der Waals surface area contributed by atoms with Gasteiger partial charge in [-0.1, -0.05) is 37.3 Å². The van der Waals surface area contributed by atoms with Gasteiger partial charge in [-0.2, -0.15) is 4.98 Å². The molecule has 1 N–H and O–H groups in total. The summed E-state index contributed by atoms with van der Waals surface area (Å²) < 4.78 is 0. The average Bonchev–Trinajstić information content (AvgIpc) is 2.45. The van der Waals surface area contributed by atoms with Gasteiger partial charge >= 0.3 is 0 Å². The van der Waals surface area contributed by atoms with Crippen LogP contribution in [0.25, 0.3) is 11.3 Å². The molecule has 1 aromatic heterocycles. The zero-order valence-corrected chi connectivity index (χ0v) is 11.7. The van der Waals surface area contributed by atoms with Crippen molar-refractivity contribution < 1.29 is 0 Å². The van der Waals surface area contributed by atoms with Crippen molar-refractivity contribution in [3.63, 3.8) is 0 Å². The number of aromatic nitrogens is 2. The molecule has 0 bridgehead atoms. The van der Waals surface area contributed by atoms with E-state index in [9.17, 15) is 0 Å². The summed E-state index contributed by atoms with van der Waals surface area (Å²) in [5.41, 5.74) is 2.05. The van der Waals surface area contributed by atoms with Crippen LogP contribution >= 0.6 is 0 Å². The molecule has 4 heteroatoms. The molecule has 0 spiro atoms. The molecule has 19 heavy (non-hydrogen) atoms. The molecule has 1 heterocycles. The van der Waals surface area contributed by atoms with Crippen LogP contribution in [0.4, 0.5) is 11.8 Å². The van der Waals surface area contributed by atoms with E-state index >= 15 is 0 Å². The Labute approximate surface area is 114 Å². The average molecular weight is 256 g/mol. The van der Waals surface area contributed by atoms with E-state index in [-0.39, 0.29) is 0 Å². The topological polar surface area (TPSA) is 41.1 Å². The molecule has 0 aliphatic heterocycles. The third-order valence-electron chi connectivity index (χ3n) is 2.74. The highest BCUT2D eigenvalue weighted by molar-refractivity contribution is 5.64. The summed E-state index contributed by atoms with van der Waals surface area (Å²) in [4.78, 5) is 11.0. The molecule has 100 valence electrons. The number of nitrogens with zero attached hydrogens (tertiary/aromatic N) is 3. The molecule has 0 aliphatic carbocycles. The van der Waals surface area contributed by atoms with Crippen molar-refractivity contribution in [2.24, 2.45) is 0 Å². The Morgan fingerprint density at radius 1 is 1.11 bits per heavy atom.